The molecule has 0 aliphatic heterocycles. The number of aliphatic carboxylic acids is 1. The summed E-state index contributed by atoms with van der Waals surface area (Å²) in [7, 11) is 0. The van der Waals surface area contributed by atoms with E-state index in [0.29, 0.717) is 11.8 Å². The summed E-state index contributed by atoms with van der Waals surface area (Å²) in [5.41, 5.74) is 1.49. The number of nitrogens with one attached hydrogen (secondary N) is 1. The molecule has 2 rings (SSSR count). The minimum Gasteiger partial charge on any atom is -0.545 e. The Morgan fingerprint density at radius 2 is 1.41 bits per heavy atom. The number of carboxylic acid groups (broad SMARTS) is 2. The van der Waals surface area contributed by atoms with Crippen LogP contribution in [0.3, 0.4) is 0 Å². The minimum atomic E-state index is -1.48. The molecule has 0 aromatic heterocycles. The van der Waals surface area contributed by atoms with Crippen molar-refractivity contribution in [1.29, 1.82) is 0 Å². The van der Waals surface area contributed by atoms with Crippen LogP contribution in [0.2, 0.25) is 0 Å². The van der Waals surface area contributed by atoms with Crippen molar-refractivity contribution >= 4 is 29.6 Å². The quantitative estimate of drug-likeness (QED) is 0.410. The molecule has 1 N–H and O–H groups in total. The van der Waals surface area contributed by atoms with E-state index in [1.165, 1.54) is 29.8 Å². The van der Waals surface area contributed by atoms with Crippen molar-refractivity contribution in [3.8, 4) is 0 Å². The van der Waals surface area contributed by atoms with Crippen LogP contribution in [0.4, 0.5) is 5.69 Å². The fourth-order valence-corrected chi connectivity index (χ4v) is 1.61. The molecule has 0 aliphatic rings. The van der Waals surface area contributed by atoms with E-state index in [1.807, 2.05) is 36.4 Å². The van der Waals surface area contributed by atoms with Crippen LogP contribution in [-0.2, 0) is 9.59 Å². The molecule has 0 aliphatic carbocycles. The third-order valence-electron chi connectivity index (χ3n) is 2.79. The van der Waals surface area contributed by atoms with Crippen LogP contribution in [0.1, 0.15) is 15.9 Å². The summed E-state index contributed by atoms with van der Waals surface area (Å²) in [4.78, 5) is 31.6. The maximum atomic E-state index is 11.1. The predicted octanol–water partition coefficient (Wildman–Crippen LogP) is -5.37. The molecule has 0 unspecified atom stereocenters. The van der Waals surface area contributed by atoms with Crippen LogP contribution in [0.5, 0.6) is 0 Å². The smallest absolute Gasteiger partial charge is 0.545 e. The fraction of sp³-hybridized carbons (Fsp3) is 0. The fourth-order valence-electron chi connectivity index (χ4n) is 1.61. The predicted molar refractivity (Wildman–Crippen MR) is 90.1 cm³/mol. The van der Waals surface area contributed by atoms with Gasteiger partial charge in [-0.1, -0.05) is 55.1 Å². The second-order valence-corrected chi connectivity index (χ2v) is 4.62. The summed E-state index contributed by atoms with van der Waals surface area (Å²) in [6.07, 6.45) is 3.22. The zero-order chi connectivity index (χ0) is 18.7. The molecule has 0 atom stereocenters. The Morgan fingerprint density at radius 1 is 0.852 bits per heavy atom. The zero-order valence-corrected chi connectivity index (χ0v) is 19.2. The van der Waals surface area contributed by atoms with Gasteiger partial charge >= 0.3 is 59.1 Å². The third kappa shape index (κ3) is 12.4. The molecular formula is C19H15NNa2O5. The Morgan fingerprint density at radius 3 is 1.81 bits per heavy atom. The molecule has 1 amide bonds. The zero-order valence-electron chi connectivity index (χ0n) is 15.2. The molecule has 0 fully saturated rings. The molecule has 2 aromatic rings. The summed E-state index contributed by atoms with van der Waals surface area (Å²) in [6, 6.07) is 15.3. The van der Waals surface area contributed by atoms with Crippen LogP contribution in [0.15, 0.2) is 73.3 Å². The summed E-state index contributed by atoms with van der Waals surface area (Å²) in [6.45, 7) is 3.63. The Labute approximate surface area is 201 Å². The van der Waals surface area contributed by atoms with Gasteiger partial charge in [-0.05, 0) is 29.3 Å². The van der Waals surface area contributed by atoms with Crippen LogP contribution in [-0.4, -0.2) is 17.8 Å². The maximum Gasteiger partial charge on any atom is 1.00 e. The van der Waals surface area contributed by atoms with Crippen LogP contribution in [0, 0.1) is 0 Å². The van der Waals surface area contributed by atoms with Gasteiger partial charge < -0.3 is 25.1 Å². The van der Waals surface area contributed by atoms with E-state index in [4.69, 9.17) is 0 Å². The first-order valence-corrected chi connectivity index (χ1v) is 7.11. The number of carbonyl (C=O) groups excluding carboxylic acids is 3. The molecule has 0 saturated carbocycles. The number of carboxylic acids is 2. The van der Waals surface area contributed by atoms with Gasteiger partial charge in [-0.3, -0.25) is 4.79 Å². The van der Waals surface area contributed by atoms with Gasteiger partial charge in [0, 0.05) is 11.8 Å². The number of rotatable bonds is 5. The number of hydrogen-bond acceptors (Lipinski definition) is 5. The topological polar surface area (TPSA) is 109 Å². The van der Waals surface area contributed by atoms with E-state index < -0.39 is 17.8 Å². The summed E-state index contributed by atoms with van der Waals surface area (Å²) >= 11 is 0. The Hall–Kier alpha value is -1.67. The van der Waals surface area contributed by atoms with Gasteiger partial charge in [0.05, 0.1) is 11.9 Å². The number of carbonyl (C=O) groups is 3. The molecule has 6 nitrogen and oxygen atoms in total. The molecular weight excluding hydrogens is 368 g/mol. The minimum absolute atomic E-state index is 0. The van der Waals surface area contributed by atoms with Gasteiger partial charge in [0.1, 0.15) is 0 Å². The Bertz CT molecular complexity index is 774. The van der Waals surface area contributed by atoms with E-state index in [2.05, 4.69) is 11.9 Å². The van der Waals surface area contributed by atoms with Crippen LogP contribution in [0.25, 0.3) is 6.08 Å². The second kappa shape index (κ2) is 15.4. The summed E-state index contributed by atoms with van der Waals surface area (Å²) in [5, 5.41) is 22.8. The van der Waals surface area contributed by atoms with Gasteiger partial charge in [0.25, 0.3) is 0 Å². The summed E-state index contributed by atoms with van der Waals surface area (Å²) in [5.74, 6) is -3.46. The van der Waals surface area contributed by atoms with Gasteiger partial charge in [-0.25, -0.2) is 0 Å². The third-order valence-corrected chi connectivity index (χ3v) is 2.79. The number of anilines is 1. The van der Waals surface area contributed by atoms with E-state index in [1.54, 1.807) is 0 Å². The molecule has 8 heteroatoms. The standard InChI is InChI=1S/C11H9NO5.C8H8.2Na/c13-9(5-6-10(14)15)12-8-3-1-7(2-4-8)11(16)17;1-2-8-6-4-3-5-7-8;;/h1-6H,(H,12,13)(H,14,15)(H,16,17);2-7H,1H2;;/q;;2*+1/p-2/b6-5+;;;. The molecule has 128 valence electrons. The first-order chi connectivity index (χ1) is 11.9. The molecule has 27 heavy (non-hydrogen) atoms. The maximum absolute atomic E-state index is 11.1. The largest absolute Gasteiger partial charge is 1.00 e. The van der Waals surface area contributed by atoms with Crippen molar-refractivity contribution in [1.82, 2.24) is 0 Å². The van der Waals surface area contributed by atoms with E-state index in [0.717, 1.165) is 6.08 Å². The molecule has 0 spiro atoms. The molecule has 0 radical (unpaired) electrons. The normalized spacial score (nSPS) is 8.89. The van der Waals surface area contributed by atoms with Gasteiger partial charge in [0.15, 0.2) is 0 Å². The first-order valence-electron chi connectivity index (χ1n) is 7.11. The molecule has 0 heterocycles. The number of hydrogen-bond donors (Lipinski definition) is 1. The SMILES string of the molecule is C=Cc1ccccc1.O=C([O-])/C=C/C(=O)Nc1ccc(C(=O)[O-])cc1.[Na+].[Na+]. The number of benzene rings is 2. The molecule has 0 bridgehead atoms. The van der Waals surface area contributed by atoms with E-state index in [-0.39, 0.29) is 64.7 Å². The summed E-state index contributed by atoms with van der Waals surface area (Å²) < 4.78 is 0. The Balaban J connectivity index is 0. The van der Waals surface area contributed by atoms with Crippen LogP contribution < -0.4 is 74.6 Å². The molecule has 0 saturated heterocycles. The number of aromatic carboxylic acids is 1. The second-order valence-electron chi connectivity index (χ2n) is 4.62. The average molecular weight is 383 g/mol. The van der Waals surface area contributed by atoms with Crippen molar-refractivity contribution in [2.24, 2.45) is 0 Å². The van der Waals surface area contributed by atoms with E-state index in [9.17, 15) is 24.6 Å². The van der Waals surface area contributed by atoms with E-state index >= 15 is 0 Å². The molecule has 2 aromatic carbocycles. The van der Waals surface area contributed by atoms with Crippen LogP contribution >= 0.6 is 0 Å². The van der Waals surface area contributed by atoms with Gasteiger partial charge in [0.2, 0.25) is 5.91 Å². The number of amides is 1. The van der Waals surface area contributed by atoms with Crippen molar-refractivity contribution in [2.75, 3.05) is 5.32 Å². The first kappa shape index (κ1) is 27.5. The van der Waals surface area contributed by atoms with Crippen molar-refractivity contribution in [3.63, 3.8) is 0 Å². The van der Waals surface area contributed by atoms with Gasteiger partial charge in [-0.2, -0.15) is 0 Å². The van der Waals surface area contributed by atoms with Crippen molar-refractivity contribution in [3.05, 3.63) is 84.5 Å². The average Bonchev–Trinajstić information content (AvgIpc) is 2.61. The van der Waals surface area contributed by atoms with Gasteiger partial charge in [-0.15, -0.1) is 0 Å². The van der Waals surface area contributed by atoms with Crippen molar-refractivity contribution < 1.29 is 83.7 Å². The monoisotopic (exact) mass is 383 g/mol. The van der Waals surface area contributed by atoms with Crippen molar-refractivity contribution in [2.45, 2.75) is 0 Å². The Kier molecular flexibility index (Phi) is 15.7.